The summed E-state index contributed by atoms with van der Waals surface area (Å²) in [5.74, 6) is 1.93. The van der Waals surface area contributed by atoms with Crippen molar-refractivity contribution >= 4 is 34.0 Å². The van der Waals surface area contributed by atoms with Gasteiger partial charge in [-0.25, -0.2) is 0 Å². The smallest absolute Gasteiger partial charge is 0.269 e. The van der Waals surface area contributed by atoms with E-state index in [9.17, 15) is 0 Å². The van der Waals surface area contributed by atoms with Gasteiger partial charge in [0.15, 0.2) is 11.5 Å². The molecule has 0 amide bonds. The molecule has 0 unspecified atom stereocenters. The van der Waals surface area contributed by atoms with Crippen molar-refractivity contribution in [3.63, 3.8) is 0 Å². The fourth-order valence-corrected chi connectivity index (χ4v) is 2.89. The van der Waals surface area contributed by atoms with Crippen LogP contribution in [0.25, 0.3) is 22.5 Å². The Morgan fingerprint density at radius 3 is 2.74 bits per heavy atom. The minimum atomic E-state index is 0.268. The van der Waals surface area contributed by atoms with Crippen molar-refractivity contribution in [2.24, 2.45) is 0 Å². The van der Waals surface area contributed by atoms with Crippen molar-refractivity contribution in [1.82, 2.24) is 10.1 Å². The standard InChI is InChI=1S/C16H13ClN2O3S/c1-20-13-6-5-10(8-14(13)21-2)15-18-16(22-19-15)12(17)9-11-4-3-7-23-11/h3-9H,1-2H3/b12-9-. The lowest BCUT2D eigenvalue weighted by molar-refractivity contribution is 0.355. The highest BCUT2D eigenvalue weighted by molar-refractivity contribution is 7.11. The van der Waals surface area contributed by atoms with E-state index in [0.29, 0.717) is 22.4 Å². The summed E-state index contributed by atoms with van der Waals surface area (Å²) in [6, 6.07) is 9.30. The number of methoxy groups -OCH3 is 2. The molecule has 0 bridgehead atoms. The van der Waals surface area contributed by atoms with E-state index < -0.39 is 0 Å². The van der Waals surface area contributed by atoms with E-state index in [1.165, 1.54) is 0 Å². The third-order valence-electron chi connectivity index (χ3n) is 3.08. The zero-order valence-corrected chi connectivity index (χ0v) is 14.0. The van der Waals surface area contributed by atoms with Crippen LogP contribution in [-0.2, 0) is 0 Å². The summed E-state index contributed by atoms with van der Waals surface area (Å²) in [4.78, 5) is 5.34. The fraction of sp³-hybridized carbons (Fsp3) is 0.125. The molecule has 0 aliphatic carbocycles. The number of benzene rings is 1. The predicted octanol–water partition coefficient (Wildman–Crippen LogP) is 4.55. The third-order valence-corrected chi connectivity index (χ3v) is 4.17. The molecular weight excluding hydrogens is 336 g/mol. The highest BCUT2D eigenvalue weighted by Crippen LogP contribution is 2.32. The second-order valence-electron chi connectivity index (χ2n) is 4.50. The van der Waals surface area contributed by atoms with Crippen LogP contribution in [-0.4, -0.2) is 24.4 Å². The van der Waals surface area contributed by atoms with Gasteiger partial charge in [-0.3, -0.25) is 0 Å². The average Bonchev–Trinajstić information content (AvgIpc) is 3.25. The van der Waals surface area contributed by atoms with E-state index in [0.717, 1.165) is 10.4 Å². The number of thiophene rings is 1. The fourth-order valence-electron chi connectivity index (χ4n) is 1.97. The van der Waals surface area contributed by atoms with Crippen LogP contribution >= 0.6 is 22.9 Å². The zero-order valence-electron chi connectivity index (χ0n) is 12.4. The molecule has 7 heteroatoms. The molecule has 1 aromatic carbocycles. The summed E-state index contributed by atoms with van der Waals surface area (Å²) in [5, 5.41) is 6.33. The van der Waals surface area contributed by atoms with Gasteiger partial charge in [0.25, 0.3) is 5.89 Å². The van der Waals surface area contributed by atoms with Gasteiger partial charge in [-0.05, 0) is 35.7 Å². The lowest BCUT2D eigenvalue weighted by atomic mass is 10.2. The van der Waals surface area contributed by atoms with E-state index in [1.807, 2.05) is 23.6 Å². The Labute approximate surface area is 142 Å². The van der Waals surface area contributed by atoms with Crippen LogP contribution in [0.15, 0.2) is 40.2 Å². The normalized spacial score (nSPS) is 11.5. The average molecular weight is 349 g/mol. The van der Waals surface area contributed by atoms with Gasteiger partial charge in [-0.2, -0.15) is 4.98 Å². The number of halogens is 1. The molecule has 0 atom stereocenters. The molecule has 2 heterocycles. The van der Waals surface area contributed by atoms with Gasteiger partial charge >= 0.3 is 0 Å². The van der Waals surface area contributed by atoms with Crippen LogP contribution < -0.4 is 9.47 Å². The maximum Gasteiger partial charge on any atom is 0.269 e. The number of aromatic nitrogens is 2. The number of ether oxygens (including phenoxy) is 2. The van der Waals surface area contributed by atoms with Crippen molar-refractivity contribution in [1.29, 1.82) is 0 Å². The van der Waals surface area contributed by atoms with Crippen molar-refractivity contribution in [2.45, 2.75) is 0 Å². The van der Waals surface area contributed by atoms with Crippen molar-refractivity contribution in [3.05, 3.63) is 46.5 Å². The Morgan fingerprint density at radius 2 is 2.04 bits per heavy atom. The second-order valence-corrected chi connectivity index (χ2v) is 5.89. The molecule has 0 aliphatic rings. The first kappa shape index (κ1) is 15.6. The van der Waals surface area contributed by atoms with Gasteiger partial charge in [0.05, 0.1) is 14.2 Å². The summed E-state index contributed by atoms with van der Waals surface area (Å²) >= 11 is 7.81. The molecule has 3 aromatic rings. The Kier molecular flexibility index (Phi) is 4.64. The molecule has 0 fully saturated rings. The molecule has 0 saturated carbocycles. The number of hydrogen-bond donors (Lipinski definition) is 0. The summed E-state index contributed by atoms with van der Waals surface area (Å²) < 4.78 is 15.7. The molecule has 0 spiro atoms. The van der Waals surface area contributed by atoms with Crippen LogP contribution in [0.1, 0.15) is 10.8 Å². The van der Waals surface area contributed by atoms with Gasteiger partial charge in [-0.1, -0.05) is 22.8 Å². The SMILES string of the molecule is COc1ccc(-c2noc(/C(Cl)=C/c3cccs3)n2)cc1OC. The maximum absolute atomic E-state index is 6.23. The lowest BCUT2D eigenvalue weighted by Crippen LogP contribution is -1.91. The van der Waals surface area contributed by atoms with E-state index in [2.05, 4.69) is 10.1 Å². The number of rotatable bonds is 5. The first-order valence-corrected chi connectivity index (χ1v) is 7.94. The molecular formula is C16H13ClN2O3S. The summed E-state index contributed by atoms with van der Waals surface area (Å²) in [6.07, 6.45) is 1.79. The predicted molar refractivity (Wildman–Crippen MR) is 90.9 cm³/mol. The summed E-state index contributed by atoms with van der Waals surface area (Å²) in [5.41, 5.74) is 0.748. The highest BCUT2D eigenvalue weighted by Gasteiger charge is 2.14. The molecule has 2 aromatic heterocycles. The van der Waals surface area contributed by atoms with Gasteiger partial charge in [0, 0.05) is 10.4 Å². The molecule has 118 valence electrons. The molecule has 5 nitrogen and oxygen atoms in total. The first-order valence-electron chi connectivity index (χ1n) is 6.68. The van der Waals surface area contributed by atoms with Crippen LogP contribution in [0, 0.1) is 0 Å². The Balaban J connectivity index is 1.90. The van der Waals surface area contributed by atoms with Gasteiger partial charge in [-0.15, -0.1) is 11.3 Å². The quantitative estimate of drug-likeness (QED) is 0.676. The van der Waals surface area contributed by atoms with E-state index in [4.69, 9.17) is 25.6 Å². The Bertz CT molecular complexity index is 828. The van der Waals surface area contributed by atoms with Crippen molar-refractivity contribution in [3.8, 4) is 22.9 Å². The monoisotopic (exact) mass is 348 g/mol. The topological polar surface area (TPSA) is 57.4 Å². The van der Waals surface area contributed by atoms with Crippen LogP contribution in [0.4, 0.5) is 0 Å². The van der Waals surface area contributed by atoms with Gasteiger partial charge < -0.3 is 14.0 Å². The minimum Gasteiger partial charge on any atom is -0.493 e. The van der Waals surface area contributed by atoms with Crippen molar-refractivity contribution in [2.75, 3.05) is 14.2 Å². The second kappa shape index (κ2) is 6.85. The van der Waals surface area contributed by atoms with E-state index in [1.54, 1.807) is 43.8 Å². The number of nitrogens with zero attached hydrogens (tertiary/aromatic N) is 2. The van der Waals surface area contributed by atoms with Crippen LogP contribution in [0.5, 0.6) is 11.5 Å². The van der Waals surface area contributed by atoms with Crippen LogP contribution in [0.3, 0.4) is 0 Å². The summed E-state index contributed by atoms with van der Waals surface area (Å²) in [6.45, 7) is 0. The van der Waals surface area contributed by atoms with Crippen molar-refractivity contribution < 1.29 is 14.0 Å². The van der Waals surface area contributed by atoms with Gasteiger partial charge in [0.2, 0.25) is 5.82 Å². The molecule has 23 heavy (non-hydrogen) atoms. The van der Waals surface area contributed by atoms with Crippen LogP contribution in [0.2, 0.25) is 0 Å². The maximum atomic E-state index is 6.23. The molecule has 0 N–H and O–H groups in total. The molecule has 3 rings (SSSR count). The largest absolute Gasteiger partial charge is 0.493 e. The first-order chi connectivity index (χ1) is 11.2. The summed E-state index contributed by atoms with van der Waals surface area (Å²) in [7, 11) is 3.16. The molecule has 0 radical (unpaired) electrons. The highest BCUT2D eigenvalue weighted by atomic mass is 35.5. The Morgan fingerprint density at radius 1 is 1.22 bits per heavy atom. The Hall–Kier alpha value is -2.31. The van der Waals surface area contributed by atoms with E-state index in [-0.39, 0.29) is 5.89 Å². The molecule has 0 saturated heterocycles. The lowest BCUT2D eigenvalue weighted by Gasteiger charge is -2.07. The minimum absolute atomic E-state index is 0.268. The van der Waals surface area contributed by atoms with Gasteiger partial charge in [0.1, 0.15) is 5.03 Å². The zero-order chi connectivity index (χ0) is 16.2. The third kappa shape index (κ3) is 3.38. The number of hydrogen-bond acceptors (Lipinski definition) is 6. The van der Waals surface area contributed by atoms with E-state index >= 15 is 0 Å². The molecule has 0 aliphatic heterocycles.